The third-order valence-electron chi connectivity index (χ3n) is 3.80. The van der Waals surface area contributed by atoms with E-state index in [2.05, 4.69) is 0 Å². The Balaban J connectivity index is 1.95. The Kier molecular flexibility index (Phi) is 3.75. The molecule has 0 bridgehead atoms. The van der Waals surface area contributed by atoms with E-state index in [1.165, 1.54) is 0 Å². The molecule has 1 aliphatic heterocycles. The number of nitrogens with zero attached hydrogens (tertiary/aromatic N) is 1. The summed E-state index contributed by atoms with van der Waals surface area (Å²) in [4.78, 5) is 26.5. The molecule has 0 aliphatic carbocycles. The number of carboxylic acid groups (broad SMARTS) is 1. The van der Waals surface area contributed by atoms with Crippen LogP contribution in [0.25, 0.3) is 0 Å². The monoisotopic (exact) mass is 301 g/mol. The molecule has 2 atom stereocenters. The van der Waals surface area contributed by atoms with Gasteiger partial charge in [0.05, 0.1) is 18.5 Å². The second-order valence-corrected chi connectivity index (χ2v) is 6.14. The summed E-state index contributed by atoms with van der Waals surface area (Å²) in [5.41, 5.74) is 0.882. The van der Waals surface area contributed by atoms with Gasteiger partial charge in [0.15, 0.2) is 0 Å². The van der Waals surface area contributed by atoms with Crippen molar-refractivity contribution in [2.75, 3.05) is 0 Å². The number of rotatable bonds is 4. The molecule has 3 rings (SSSR count). The first-order valence-corrected chi connectivity index (χ1v) is 7.64. The van der Waals surface area contributed by atoms with E-state index in [4.69, 9.17) is 0 Å². The number of likely N-dealkylation sites (tertiary alicyclic amines) is 1. The van der Waals surface area contributed by atoms with E-state index in [0.29, 0.717) is 6.54 Å². The van der Waals surface area contributed by atoms with Gasteiger partial charge in [-0.25, -0.2) is 0 Å². The van der Waals surface area contributed by atoms with Crippen LogP contribution in [0, 0.1) is 5.92 Å². The van der Waals surface area contributed by atoms with Gasteiger partial charge in [-0.3, -0.25) is 9.59 Å². The van der Waals surface area contributed by atoms with Gasteiger partial charge in [0.25, 0.3) is 0 Å². The summed E-state index contributed by atoms with van der Waals surface area (Å²) < 4.78 is 0. The number of carboxylic acids is 1. The van der Waals surface area contributed by atoms with Gasteiger partial charge in [-0.15, -0.1) is 11.3 Å². The number of hydrogen-bond acceptors (Lipinski definition) is 3. The molecule has 1 aliphatic rings. The van der Waals surface area contributed by atoms with E-state index >= 15 is 0 Å². The van der Waals surface area contributed by atoms with Crippen molar-refractivity contribution in [1.82, 2.24) is 4.90 Å². The number of benzene rings is 1. The molecule has 2 aromatic rings. The predicted octanol–water partition coefficient (Wildman–Crippen LogP) is 2.92. The minimum atomic E-state index is -0.911. The zero-order chi connectivity index (χ0) is 14.8. The highest BCUT2D eigenvalue weighted by Gasteiger charge is 2.44. The molecular weight excluding hydrogens is 286 g/mol. The largest absolute Gasteiger partial charge is 0.481 e. The van der Waals surface area contributed by atoms with Crippen LogP contribution in [0.1, 0.15) is 22.9 Å². The van der Waals surface area contributed by atoms with Crippen molar-refractivity contribution in [3.8, 4) is 0 Å². The summed E-state index contributed by atoms with van der Waals surface area (Å²) in [6.07, 6.45) is 0.0697. The quantitative estimate of drug-likeness (QED) is 0.944. The van der Waals surface area contributed by atoms with Crippen LogP contribution in [0.2, 0.25) is 0 Å². The molecule has 108 valence electrons. The third kappa shape index (κ3) is 2.69. The molecule has 1 saturated heterocycles. The molecule has 0 saturated carbocycles. The third-order valence-corrected chi connectivity index (χ3v) is 4.66. The first-order valence-electron chi connectivity index (χ1n) is 6.76. The number of aliphatic carboxylic acids is 1. The Hall–Kier alpha value is -2.14. The highest BCUT2D eigenvalue weighted by molar-refractivity contribution is 7.09. The van der Waals surface area contributed by atoms with Crippen molar-refractivity contribution in [1.29, 1.82) is 0 Å². The minimum absolute atomic E-state index is 0.0697. The van der Waals surface area contributed by atoms with Crippen LogP contribution in [-0.4, -0.2) is 21.9 Å². The van der Waals surface area contributed by atoms with E-state index < -0.39 is 17.9 Å². The van der Waals surface area contributed by atoms with Gasteiger partial charge in [-0.1, -0.05) is 36.4 Å². The van der Waals surface area contributed by atoms with Gasteiger partial charge in [0.1, 0.15) is 0 Å². The lowest BCUT2D eigenvalue weighted by atomic mass is 9.94. The molecule has 0 radical (unpaired) electrons. The Bertz CT molecular complexity index is 639. The van der Waals surface area contributed by atoms with Gasteiger partial charge in [-0.2, -0.15) is 0 Å². The molecule has 4 nitrogen and oxygen atoms in total. The van der Waals surface area contributed by atoms with E-state index in [1.807, 2.05) is 47.8 Å². The Morgan fingerprint density at radius 1 is 1.24 bits per heavy atom. The van der Waals surface area contributed by atoms with Crippen molar-refractivity contribution in [2.45, 2.75) is 19.0 Å². The molecule has 1 N–H and O–H groups in total. The summed E-state index contributed by atoms with van der Waals surface area (Å²) in [6, 6.07) is 12.9. The topological polar surface area (TPSA) is 57.6 Å². The Morgan fingerprint density at radius 2 is 2.00 bits per heavy atom. The first kappa shape index (κ1) is 13.8. The minimum Gasteiger partial charge on any atom is -0.481 e. The Morgan fingerprint density at radius 3 is 2.62 bits per heavy atom. The van der Waals surface area contributed by atoms with Crippen molar-refractivity contribution >= 4 is 23.2 Å². The van der Waals surface area contributed by atoms with Crippen LogP contribution in [0.5, 0.6) is 0 Å². The molecule has 0 spiro atoms. The standard InChI is InChI=1S/C16H15NO3S/c18-14-9-13(16(19)20)15(11-5-2-1-3-6-11)17(14)10-12-7-4-8-21-12/h1-8,13,15H,9-10H2,(H,19,20)/t13-,15+/m1/s1. The molecular formula is C16H15NO3S. The Labute approximate surface area is 126 Å². The van der Waals surface area contributed by atoms with Crippen LogP contribution < -0.4 is 0 Å². The molecule has 1 aromatic carbocycles. The normalized spacial score (nSPS) is 21.7. The molecule has 1 fully saturated rings. The number of carbonyl (C=O) groups excluding carboxylic acids is 1. The molecule has 0 unspecified atom stereocenters. The van der Waals surface area contributed by atoms with Crippen LogP contribution in [0.15, 0.2) is 47.8 Å². The molecule has 5 heteroatoms. The zero-order valence-corrected chi connectivity index (χ0v) is 12.1. The second-order valence-electron chi connectivity index (χ2n) is 5.11. The van der Waals surface area contributed by atoms with Crippen LogP contribution in [0.4, 0.5) is 0 Å². The number of thiophene rings is 1. The van der Waals surface area contributed by atoms with Crippen molar-refractivity contribution in [2.24, 2.45) is 5.92 Å². The van der Waals surface area contributed by atoms with Gasteiger partial charge in [-0.05, 0) is 17.0 Å². The maximum atomic E-state index is 12.3. The summed E-state index contributed by atoms with van der Waals surface area (Å²) in [6.45, 7) is 0.472. The lowest BCUT2D eigenvalue weighted by molar-refractivity contribution is -0.142. The van der Waals surface area contributed by atoms with Crippen molar-refractivity contribution in [3.63, 3.8) is 0 Å². The SMILES string of the molecule is O=C(O)[C@@H]1CC(=O)N(Cc2cccs2)[C@H]1c1ccccc1. The van der Waals surface area contributed by atoms with E-state index in [-0.39, 0.29) is 12.3 Å². The van der Waals surface area contributed by atoms with Crippen LogP contribution >= 0.6 is 11.3 Å². The van der Waals surface area contributed by atoms with Gasteiger partial charge < -0.3 is 10.0 Å². The predicted molar refractivity (Wildman–Crippen MR) is 79.8 cm³/mol. The summed E-state index contributed by atoms with van der Waals surface area (Å²) in [7, 11) is 0. The van der Waals surface area contributed by atoms with Crippen LogP contribution in [0.3, 0.4) is 0 Å². The van der Waals surface area contributed by atoms with Crippen molar-refractivity contribution < 1.29 is 14.7 Å². The molecule has 1 amide bonds. The maximum absolute atomic E-state index is 12.3. The van der Waals surface area contributed by atoms with E-state index in [9.17, 15) is 14.7 Å². The molecule has 21 heavy (non-hydrogen) atoms. The summed E-state index contributed by atoms with van der Waals surface area (Å²) >= 11 is 1.58. The van der Waals surface area contributed by atoms with Gasteiger partial charge in [0, 0.05) is 11.3 Å². The fourth-order valence-electron chi connectivity index (χ4n) is 2.83. The number of hydrogen-bond donors (Lipinski definition) is 1. The summed E-state index contributed by atoms with van der Waals surface area (Å²) in [5, 5.41) is 11.4. The number of amides is 1. The molecule has 1 aromatic heterocycles. The molecule has 2 heterocycles. The first-order chi connectivity index (χ1) is 10.2. The smallest absolute Gasteiger partial charge is 0.309 e. The summed E-state index contributed by atoms with van der Waals surface area (Å²) in [5.74, 6) is -1.68. The van der Waals surface area contributed by atoms with Crippen molar-refractivity contribution in [3.05, 3.63) is 58.3 Å². The highest BCUT2D eigenvalue weighted by atomic mass is 32.1. The average molecular weight is 301 g/mol. The van der Waals surface area contributed by atoms with Crippen LogP contribution in [-0.2, 0) is 16.1 Å². The van der Waals surface area contributed by atoms with Gasteiger partial charge in [0.2, 0.25) is 5.91 Å². The lowest BCUT2D eigenvalue weighted by Gasteiger charge is -2.27. The zero-order valence-electron chi connectivity index (χ0n) is 11.3. The average Bonchev–Trinajstić information content (AvgIpc) is 3.09. The van der Waals surface area contributed by atoms with Gasteiger partial charge >= 0.3 is 5.97 Å². The fraction of sp³-hybridized carbons (Fsp3) is 0.250. The van der Waals surface area contributed by atoms with E-state index in [1.54, 1.807) is 16.2 Å². The number of carbonyl (C=O) groups is 2. The highest BCUT2D eigenvalue weighted by Crippen LogP contribution is 2.39. The van der Waals surface area contributed by atoms with E-state index in [0.717, 1.165) is 10.4 Å². The fourth-order valence-corrected chi connectivity index (χ4v) is 3.53. The maximum Gasteiger partial charge on any atom is 0.309 e. The second kappa shape index (κ2) is 5.69. The lowest BCUT2D eigenvalue weighted by Crippen LogP contribution is -2.29.